The van der Waals surface area contributed by atoms with Gasteiger partial charge in [0.2, 0.25) is 0 Å². The van der Waals surface area contributed by atoms with Crippen molar-refractivity contribution in [2.24, 2.45) is 0 Å². The first-order chi connectivity index (χ1) is 7.26. The van der Waals surface area contributed by atoms with Crippen LogP contribution in [0.2, 0.25) is 0 Å². The van der Waals surface area contributed by atoms with Crippen molar-refractivity contribution >= 4 is 0 Å². The van der Waals surface area contributed by atoms with Gasteiger partial charge in [0, 0.05) is 18.1 Å². The molecule has 15 heavy (non-hydrogen) atoms. The molecule has 0 radical (unpaired) electrons. The largest absolute Gasteiger partial charge is 0.313 e. The highest BCUT2D eigenvalue weighted by molar-refractivity contribution is 4.86. The summed E-state index contributed by atoms with van der Waals surface area (Å²) in [6, 6.07) is 0.711. The molecule has 0 saturated carbocycles. The van der Waals surface area contributed by atoms with Gasteiger partial charge >= 0.3 is 0 Å². The molecule has 0 aromatic carbocycles. The smallest absolute Gasteiger partial charge is 0.0192 e. The van der Waals surface area contributed by atoms with Crippen LogP contribution in [0, 0.1) is 0 Å². The lowest BCUT2D eigenvalue weighted by Crippen LogP contribution is -2.50. The minimum atomic E-state index is 0.388. The second-order valence-electron chi connectivity index (χ2n) is 4.87. The minimum Gasteiger partial charge on any atom is -0.313 e. The molecule has 2 nitrogen and oxygen atoms in total. The van der Waals surface area contributed by atoms with Gasteiger partial charge in [-0.3, -0.25) is 0 Å². The lowest BCUT2D eigenvalue weighted by molar-refractivity contribution is 0.263. The van der Waals surface area contributed by atoms with E-state index >= 15 is 0 Å². The van der Waals surface area contributed by atoms with E-state index in [0.717, 1.165) is 6.54 Å². The highest BCUT2D eigenvalue weighted by atomic mass is 15.0. The van der Waals surface area contributed by atoms with Gasteiger partial charge in [0.05, 0.1) is 0 Å². The summed E-state index contributed by atoms with van der Waals surface area (Å²) in [7, 11) is 0. The fourth-order valence-corrected chi connectivity index (χ4v) is 2.56. The maximum atomic E-state index is 3.79. The lowest BCUT2D eigenvalue weighted by atomic mass is 9.89. The summed E-state index contributed by atoms with van der Waals surface area (Å²) in [6.45, 7) is 9.26. The van der Waals surface area contributed by atoms with Crippen LogP contribution in [-0.2, 0) is 0 Å². The van der Waals surface area contributed by atoms with Gasteiger partial charge in [-0.15, -0.1) is 0 Å². The zero-order valence-corrected chi connectivity index (χ0v) is 10.7. The third-order valence-electron chi connectivity index (χ3n) is 4.17. The summed E-state index contributed by atoms with van der Waals surface area (Å²) in [5.74, 6) is 0. The summed E-state index contributed by atoms with van der Waals surface area (Å²) in [6.07, 6.45) is 7.83. The molecule has 1 rings (SSSR count). The normalized spacial score (nSPS) is 23.0. The van der Waals surface area contributed by atoms with Crippen molar-refractivity contribution in [1.29, 1.82) is 0 Å². The highest BCUT2D eigenvalue weighted by Crippen LogP contribution is 2.19. The number of rotatable bonds is 6. The summed E-state index contributed by atoms with van der Waals surface area (Å²) in [5, 5.41) is 7.39. The Balaban J connectivity index is 2.31. The number of piperidine rings is 1. The van der Waals surface area contributed by atoms with Crippen LogP contribution < -0.4 is 10.6 Å². The Morgan fingerprint density at radius 3 is 2.27 bits per heavy atom. The van der Waals surface area contributed by atoms with Gasteiger partial charge in [0.25, 0.3) is 0 Å². The van der Waals surface area contributed by atoms with Crippen LogP contribution in [0.25, 0.3) is 0 Å². The first-order valence-corrected chi connectivity index (χ1v) is 6.74. The molecule has 2 N–H and O–H groups in total. The zero-order chi connectivity index (χ0) is 11.1. The standard InChI is InChI=1S/C13H28N2/c1-4-13(5-2,6-3)15-11-12-9-7-8-10-14-12/h12,14-15H,4-11H2,1-3H3. The highest BCUT2D eigenvalue weighted by Gasteiger charge is 2.24. The molecule has 1 aliphatic rings. The molecule has 0 amide bonds. The third-order valence-corrected chi connectivity index (χ3v) is 4.17. The predicted molar refractivity (Wildman–Crippen MR) is 67.2 cm³/mol. The second kappa shape index (κ2) is 6.49. The summed E-state index contributed by atoms with van der Waals surface area (Å²) in [5.41, 5.74) is 0.388. The van der Waals surface area contributed by atoms with Crippen molar-refractivity contribution in [3.8, 4) is 0 Å². The van der Waals surface area contributed by atoms with Crippen molar-refractivity contribution < 1.29 is 0 Å². The van der Waals surface area contributed by atoms with E-state index in [-0.39, 0.29) is 0 Å². The molecule has 0 spiro atoms. The van der Waals surface area contributed by atoms with E-state index in [0.29, 0.717) is 11.6 Å². The molecule has 0 aromatic heterocycles. The molecule has 90 valence electrons. The van der Waals surface area contributed by atoms with Gasteiger partial charge in [0.1, 0.15) is 0 Å². The molecule has 0 bridgehead atoms. The van der Waals surface area contributed by atoms with Crippen LogP contribution in [-0.4, -0.2) is 24.7 Å². The molecule has 0 aliphatic carbocycles. The van der Waals surface area contributed by atoms with Gasteiger partial charge in [-0.1, -0.05) is 27.2 Å². The van der Waals surface area contributed by atoms with Crippen molar-refractivity contribution in [3.05, 3.63) is 0 Å². The van der Waals surface area contributed by atoms with Gasteiger partial charge in [-0.25, -0.2) is 0 Å². The van der Waals surface area contributed by atoms with E-state index in [4.69, 9.17) is 0 Å². The van der Waals surface area contributed by atoms with E-state index in [2.05, 4.69) is 31.4 Å². The maximum Gasteiger partial charge on any atom is 0.0192 e. The quantitative estimate of drug-likeness (QED) is 0.707. The van der Waals surface area contributed by atoms with E-state index in [1.165, 1.54) is 45.1 Å². The van der Waals surface area contributed by atoms with Crippen LogP contribution in [0.15, 0.2) is 0 Å². The molecule has 0 aromatic rings. The van der Waals surface area contributed by atoms with E-state index in [1.807, 2.05) is 0 Å². The average molecular weight is 212 g/mol. The summed E-state index contributed by atoms with van der Waals surface area (Å²) in [4.78, 5) is 0. The van der Waals surface area contributed by atoms with Gasteiger partial charge in [-0.05, 0) is 38.6 Å². The van der Waals surface area contributed by atoms with E-state index in [9.17, 15) is 0 Å². The van der Waals surface area contributed by atoms with Gasteiger partial charge in [0.15, 0.2) is 0 Å². The SMILES string of the molecule is CCC(CC)(CC)NCC1CCCCN1. The Bertz CT molecular complexity index is 150. The average Bonchev–Trinajstić information content (AvgIpc) is 2.33. The van der Waals surface area contributed by atoms with Crippen LogP contribution in [0.3, 0.4) is 0 Å². The molecular weight excluding hydrogens is 184 g/mol. The number of hydrogen-bond acceptors (Lipinski definition) is 2. The van der Waals surface area contributed by atoms with Crippen molar-refractivity contribution in [3.63, 3.8) is 0 Å². The van der Waals surface area contributed by atoms with Crippen molar-refractivity contribution in [2.75, 3.05) is 13.1 Å². The fraction of sp³-hybridized carbons (Fsp3) is 1.00. The van der Waals surface area contributed by atoms with Crippen LogP contribution >= 0.6 is 0 Å². The lowest BCUT2D eigenvalue weighted by Gasteiger charge is -2.35. The van der Waals surface area contributed by atoms with Crippen LogP contribution in [0.4, 0.5) is 0 Å². The number of hydrogen-bond donors (Lipinski definition) is 2. The summed E-state index contributed by atoms with van der Waals surface area (Å²) >= 11 is 0. The van der Waals surface area contributed by atoms with Crippen LogP contribution in [0.1, 0.15) is 59.3 Å². The van der Waals surface area contributed by atoms with Gasteiger partial charge in [-0.2, -0.15) is 0 Å². The molecule has 1 saturated heterocycles. The molecular formula is C13H28N2. The molecule has 1 heterocycles. The Morgan fingerprint density at radius 2 is 1.80 bits per heavy atom. The number of nitrogens with one attached hydrogen (secondary N) is 2. The molecule has 2 heteroatoms. The monoisotopic (exact) mass is 212 g/mol. The van der Waals surface area contributed by atoms with Gasteiger partial charge < -0.3 is 10.6 Å². The maximum absolute atomic E-state index is 3.79. The predicted octanol–water partition coefficient (Wildman–Crippen LogP) is 2.69. The zero-order valence-electron chi connectivity index (χ0n) is 10.7. The van der Waals surface area contributed by atoms with Crippen LogP contribution in [0.5, 0.6) is 0 Å². The fourth-order valence-electron chi connectivity index (χ4n) is 2.56. The molecule has 1 fully saturated rings. The van der Waals surface area contributed by atoms with Crippen molar-refractivity contribution in [1.82, 2.24) is 10.6 Å². The topological polar surface area (TPSA) is 24.1 Å². The molecule has 1 aliphatic heterocycles. The first kappa shape index (κ1) is 13.0. The Kier molecular flexibility index (Phi) is 5.62. The minimum absolute atomic E-state index is 0.388. The first-order valence-electron chi connectivity index (χ1n) is 6.74. The molecule has 1 unspecified atom stereocenters. The Hall–Kier alpha value is -0.0800. The summed E-state index contributed by atoms with van der Waals surface area (Å²) < 4.78 is 0. The Morgan fingerprint density at radius 1 is 1.13 bits per heavy atom. The van der Waals surface area contributed by atoms with E-state index in [1.54, 1.807) is 0 Å². The third kappa shape index (κ3) is 3.76. The van der Waals surface area contributed by atoms with E-state index < -0.39 is 0 Å². The second-order valence-corrected chi connectivity index (χ2v) is 4.87. The Labute approximate surface area is 95.2 Å². The van der Waals surface area contributed by atoms with Crippen molar-refractivity contribution in [2.45, 2.75) is 70.9 Å². The molecule has 1 atom stereocenters.